The van der Waals surface area contributed by atoms with Crippen LogP contribution in [0.1, 0.15) is 17.3 Å². The summed E-state index contributed by atoms with van der Waals surface area (Å²) >= 11 is 0. The zero-order chi connectivity index (χ0) is 16.8. The van der Waals surface area contributed by atoms with Crippen molar-refractivity contribution >= 4 is 22.8 Å². The van der Waals surface area contributed by atoms with Crippen LogP contribution in [0.3, 0.4) is 0 Å². The first-order chi connectivity index (χ1) is 11.7. The number of fused-ring (bicyclic) bond motifs is 5. The van der Waals surface area contributed by atoms with E-state index < -0.39 is 11.8 Å². The standard InChI is InChI=1S/C18H20N2O4/c1-23-17(21)12-9-20-8-7-11-10-5-3-4-6-13(10)19-15(11)16(20)14(12)18(22)24-2/h3-6,12,14,16,19H,7-9H2,1-2H3/t12-,14+,16-/m1/s1. The molecule has 0 spiro atoms. The molecule has 0 unspecified atom stereocenters. The number of hydrogen-bond acceptors (Lipinski definition) is 5. The Morgan fingerprint density at radius 3 is 2.67 bits per heavy atom. The third-order valence-corrected chi connectivity index (χ3v) is 5.37. The van der Waals surface area contributed by atoms with Crippen LogP contribution in [0.4, 0.5) is 0 Å². The number of hydrogen-bond donors (Lipinski definition) is 1. The Morgan fingerprint density at radius 1 is 1.17 bits per heavy atom. The number of methoxy groups -OCH3 is 2. The SMILES string of the molecule is COC(=O)[C@H]1[C@H](C(=O)OC)CN2CCc3c([nH]c4ccccc34)[C@@H]12. The number of aromatic amines is 1. The molecular weight excluding hydrogens is 308 g/mol. The first-order valence-electron chi connectivity index (χ1n) is 8.15. The van der Waals surface area contributed by atoms with Crippen LogP contribution in [0.25, 0.3) is 10.9 Å². The third-order valence-electron chi connectivity index (χ3n) is 5.37. The number of benzene rings is 1. The molecule has 1 aromatic heterocycles. The Hall–Kier alpha value is -2.34. The van der Waals surface area contributed by atoms with Gasteiger partial charge in [-0.15, -0.1) is 0 Å². The van der Waals surface area contributed by atoms with Gasteiger partial charge in [-0.2, -0.15) is 0 Å². The molecule has 6 nitrogen and oxygen atoms in total. The summed E-state index contributed by atoms with van der Waals surface area (Å²) in [5.41, 5.74) is 3.34. The number of H-pyrrole nitrogens is 1. The van der Waals surface area contributed by atoms with Gasteiger partial charge >= 0.3 is 11.9 Å². The topological polar surface area (TPSA) is 71.6 Å². The number of carbonyl (C=O) groups is 2. The van der Waals surface area contributed by atoms with Gasteiger partial charge in [-0.3, -0.25) is 14.5 Å². The molecular formula is C18H20N2O4. The lowest BCUT2D eigenvalue weighted by molar-refractivity contribution is -0.156. The van der Waals surface area contributed by atoms with Crippen LogP contribution in [0.15, 0.2) is 24.3 Å². The highest BCUT2D eigenvalue weighted by molar-refractivity contribution is 5.87. The van der Waals surface area contributed by atoms with Gasteiger partial charge in [-0.05, 0) is 18.1 Å². The fourth-order valence-electron chi connectivity index (χ4n) is 4.32. The Kier molecular flexibility index (Phi) is 3.57. The molecule has 6 heteroatoms. The predicted molar refractivity (Wildman–Crippen MR) is 87.3 cm³/mol. The van der Waals surface area contributed by atoms with Gasteiger partial charge in [0.1, 0.15) is 0 Å². The number of rotatable bonds is 2. The second kappa shape index (κ2) is 5.63. The van der Waals surface area contributed by atoms with Gasteiger partial charge in [-0.1, -0.05) is 18.2 Å². The van der Waals surface area contributed by atoms with Crippen LogP contribution in [0, 0.1) is 11.8 Å². The molecule has 0 amide bonds. The highest BCUT2D eigenvalue weighted by Crippen LogP contribution is 2.46. The van der Waals surface area contributed by atoms with E-state index in [9.17, 15) is 9.59 Å². The molecule has 2 aromatic rings. The first kappa shape index (κ1) is 15.2. The lowest BCUT2D eigenvalue weighted by Gasteiger charge is -2.31. The van der Waals surface area contributed by atoms with Gasteiger partial charge in [0.25, 0.3) is 0 Å². The molecule has 4 rings (SSSR count). The molecule has 1 aromatic carbocycles. The van der Waals surface area contributed by atoms with Crippen molar-refractivity contribution in [1.82, 2.24) is 9.88 Å². The monoisotopic (exact) mass is 328 g/mol. The number of para-hydroxylation sites is 1. The molecule has 2 aliphatic heterocycles. The number of esters is 2. The maximum absolute atomic E-state index is 12.5. The average Bonchev–Trinajstić information content (AvgIpc) is 3.18. The fourth-order valence-corrected chi connectivity index (χ4v) is 4.32. The summed E-state index contributed by atoms with van der Waals surface area (Å²) in [6.45, 7) is 1.34. The molecule has 24 heavy (non-hydrogen) atoms. The number of nitrogens with one attached hydrogen (secondary N) is 1. The van der Waals surface area contributed by atoms with Crippen molar-refractivity contribution in [1.29, 1.82) is 0 Å². The molecule has 1 N–H and O–H groups in total. The Bertz CT molecular complexity index is 812. The summed E-state index contributed by atoms with van der Waals surface area (Å²) in [5, 5.41) is 1.19. The Morgan fingerprint density at radius 2 is 1.92 bits per heavy atom. The molecule has 2 aliphatic rings. The van der Waals surface area contributed by atoms with E-state index in [0.29, 0.717) is 6.54 Å². The van der Waals surface area contributed by atoms with E-state index in [-0.39, 0.29) is 18.0 Å². The normalized spacial score (nSPS) is 26.0. The molecule has 0 aliphatic carbocycles. The summed E-state index contributed by atoms with van der Waals surface area (Å²) in [4.78, 5) is 30.3. The summed E-state index contributed by atoms with van der Waals surface area (Å²) in [7, 11) is 2.73. The van der Waals surface area contributed by atoms with E-state index >= 15 is 0 Å². The summed E-state index contributed by atoms with van der Waals surface area (Å²) in [5.74, 6) is -1.75. The molecule has 1 saturated heterocycles. The van der Waals surface area contributed by atoms with Crippen molar-refractivity contribution in [3.05, 3.63) is 35.5 Å². The molecule has 1 fully saturated rings. The Labute approximate surface area is 139 Å². The maximum Gasteiger partial charge on any atom is 0.311 e. The second-order valence-corrected chi connectivity index (χ2v) is 6.43. The van der Waals surface area contributed by atoms with Crippen LogP contribution < -0.4 is 0 Å². The van der Waals surface area contributed by atoms with Crippen molar-refractivity contribution < 1.29 is 19.1 Å². The van der Waals surface area contributed by atoms with E-state index in [1.165, 1.54) is 25.2 Å². The van der Waals surface area contributed by atoms with E-state index in [1.807, 2.05) is 18.2 Å². The summed E-state index contributed by atoms with van der Waals surface area (Å²) in [6.07, 6.45) is 0.900. The van der Waals surface area contributed by atoms with Crippen molar-refractivity contribution in [2.45, 2.75) is 12.5 Å². The van der Waals surface area contributed by atoms with Gasteiger partial charge < -0.3 is 14.5 Å². The highest BCUT2D eigenvalue weighted by atomic mass is 16.5. The number of aromatic nitrogens is 1. The van der Waals surface area contributed by atoms with Crippen molar-refractivity contribution in [2.24, 2.45) is 11.8 Å². The number of ether oxygens (including phenoxy) is 2. The van der Waals surface area contributed by atoms with Crippen LogP contribution in [-0.4, -0.2) is 49.1 Å². The van der Waals surface area contributed by atoms with Crippen LogP contribution in [-0.2, 0) is 25.5 Å². The zero-order valence-corrected chi connectivity index (χ0v) is 13.7. The van der Waals surface area contributed by atoms with Gasteiger partial charge in [-0.25, -0.2) is 0 Å². The molecule has 126 valence electrons. The largest absolute Gasteiger partial charge is 0.469 e. The minimum Gasteiger partial charge on any atom is -0.469 e. The minimum absolute atomic E-state index is 0.169. The molecule has 0 saturated carbocycles. The Balaban J connectivity index is 1.84. The summed E-state index contributed by atoms with van der Waals surface area (Å²) in [6, 6.07) is 7.98. The predicted octanol–water partition coefficient (Wildman–Crippen LogP) is 1.66. The van der Waals surface area contributed by atoms with Crippen molar-refractivity contribution in [2.75, 3.05) is 27.3 Å². The van der Waals surface area contributed by atoms with Crippen LogP contribution >= 0.6 is 0 Å². The molecule has 0 radical (unpaired) electrons. The van der Waals surface area contributed by atoms with E-state index in [4.69, 9.17) is 9.47 Å². The van der Waals surface area contributed by atoms with E-state index in [2.05, 4.69) is 16.0 Å². The third kappa shape index (κ3) is 2.06. The van der Waals surface area contributed by atoms with Crippen LogP contribution in [0.5, 0.6) is 0 Å². The number of nitrogens with zero attached hydrogens (tertiary/aromatic N) is 1. The maximum atomic E-state index is 12.5. The van der Waals surface area contributed by atoms with Crippen LogP contribution in [0.2, 0.25) is 0 Å². The second-order valence-electron chi connectivity index (χ2n) is 6.43. The minimum atomic E-state index is -0.547. The van der Waals surface area contributed by atoms with Gasteiger partial charge in [0.15, 0.2) is 0 Å². The van der Waals surface area contributed by atoms with E-state index in [1.54, 1.807) is 0 Å². The number of carbonyl (C=O) groups excluding carboxylic acids is 2. The quantitative estimate of drug-likeness (QED) is 0.849. The molecule has 3 heterocycles. The van der Waals surface area contributed by atoms with Crippen molar-refractivity contribution in [3.8, 4) is 0 Å². The van der Waals surface area contributed by atoms with Gasteiger partial charge in [0.2, 0.25) is 0 Å². The van der Waals surface area contributed by atoms with E-state index in [0.717, 1.165) is 24.2 Å². The van der Waals surface area contributed by atoms with Gasteiger partial charge in [0, 0.05) is 29.7 Å². The molecule has 3 atom stereocenters. The van der Waals surface area contributed by atoms with Crippen molar-refractivity contribution in [3.63, 3.8) is 0 Å². The average molecular weight is 328 g/mol. The smallest absolute Gasteiger partial charge is 0.311 e. The lowest BCUT2D eigenvalue weighted by Crippen LogP contribution is -2.35. The lowest BCUT2D eigenvalue weighted by atomic mass is 9.86. The first-order valence-corrected chi connectivity index (χ1v) is 8.15. The highest BCUT2D eigenvalue weighted by Gasteiger charge is 2.53. The molecule has 0 bridgehead atoms. The fraction of sp³-hybridized carbons (Fsp3) is 0.444. The van der Waals surface area contributed by atoms with Gasteiger partial charge in [0.05, 0.1) is 32.1 Å². The summed E-state index contributed by atoms with van der Waals surface area (Å²) < 4.78 is 9.94. The zero-order valence-electron chi connectivity index (χ0n) is 13.7.